The molecule has 2 aromatic rings. The second-order valence-electron chi connectivity index (χ2n) is 6.70. The SMILES string of the molecule is CC(C)(C)N(C(=O)OC1CC1)c1cc(N=[N+]=[N-])nc2c(C=O)cnn12. The van der Waals surface area contributed by atoms with E-state index in [2.05, 4.69) is 20.1 Å². The van der Waals surface area contributed by atoms with E-state index >= 15 is 0 Å². The summed E-state index contributed by atoms with van der Waals surface area (Å²) in [6.45, 7) is 5.51. The summed E-state index contributed by atoms with van der Waals surface area (Å²) in [5, 5.41) is 7.64. The van der Waals surface area contributed by atoms with Crippen LogP contribution in [0.4, 0.5) is 16.4 Å². The summed E-state index contributed by atoms with van der Waals surface area (Å²) >= 11 is 0. The van der Waals surface area contributed by atoms with E-state index in [4.69, 9.17) is 10.3 Å². The molecule has 25 heavy (non-hydrogen) atoms. The van der Waals surface area contributed by atoms with Crippen molar-refractivity contribution in [3.05, 3.63) is 28.3 Å². The minimum atomic E-state index is -0.652. The Morgan fingerprint density at radius 1 is 1.52 bits per heavy atom. The van der Waals surface area contributed by atoms with Gasteiger partial charge in [0.05, 0.1) is 11.8 Å². The van der Waals surface area contributed by atoms with Crippen molar-refractivity contribution in [3.8, 4) is 0 Å². The topological polar surface area (TPSA) is 126 Å². The van der Waals surface area contributed by atoms with Crippen LogP contribution in [0, 0.1) is 0 Å². The van der Waals surface area contributed by atoms with Gasteiger partial charge in [-0.3, -0.25) is 9.69 Å². The van der Waals surface area contributed by atoms with Gasteiger partial charge in [0.2, 0.25) is 0 Å². The highest BCUT2D eigenvalue weighted by Gasteiger charge is 2.36. The van der Waals surface area contributed by atoms with Gasteiger partial charge in [0.15, 0.2) is 11.9 Å². The van der Waals surface area contributed by atoms with Crippen molar-refractivity contribution < 1.29 is 14.3 Å². The van der Waals surface area contributed by atoms with E-state index in [1.807, 2.05) is 20.8 Å². The zero-order chi connectivity index (χ0) is 18.2. The van der Waals surface area contributed by atoms with Crippen LogP contribution in [-0.2, 0) is 4.74 Å². The fourth-order valence-electron chi connectivity index (χ4n) is 2.38. The van der Waals surface area contributed by atoms with Crippen molar-refractivity contribution in [2.75, 3.05) is 4.90 Å². The lowest BCUT2D eigenvalue weighted by atomic mass is 10.1. The van der Waals surface area contributed by atoms with Crippen molar-refractivity contribution in [1.29, 1.82) is 0 Å². The van der Waals surface area contributed by atoms with Gasteiger partial charge in [-0.2, -0.15) is 9.61 Å². The molecule has 1 amide bonds. The third kappa shape index (κ3) is 3.24. The summed E-state index contributed by atoms with van der Waals surface area (Å²) in [4.78, 5) is 32.2. The number of azide groups is 1. The van der Waals surface area contributed by atoms with Crippen molar-refractivity contribution >= 4 is 29.7 Å². The number of amides is 1. The Bertz CT molecular complexity index is 888. The quantitative estimate of drug-likeness (QED) is 0.364. The average Bonchev–Trinajstić information content (AvgIpc) is 3.23. The summed E-state index contributed by atoms with van der Waals surface area (Å²) in [5.41, 5.74) is 8.48. The fraction of sp³-hybridized carbons (Fsp3) is 0.467. The van der Waals surface area contributed by atoms with Gasteiger partial charge in [-0.05, 0) is 44.3 Å². The van der Waals surface area contributed by atoms with Gasteiger partial charge in [0.25, 0.3) is 0 Å². The zero-order valence-electron chi connectivity index (χ0n) is 14.1. The summed E-state index contributed by atoms with van der Waals surface area (Å²) in [6, 6.07) is 1.44. The van der Waals surface area contributed by atoms with Gasteiger partial charge in [-0.25, -0.2) is 9.78 Å². The summed E-state index contributed by atoms with van der Waals surface area (Å²) < 4.78 is 6.80. The Labute approximate surface area is 143 Å². The number of rotatable bonds is 4. The maximum absolute atomic E-state index is 12.7. The number of carbonyl (C=O) groups excluding carboxylic acids is 2. The Hall–Kier alpha value is -3.13. The lowest BCUT2D eigenvalue weighted by Gasteiger charge is -2.34. The number of ether oxygens (including phenoxy) is 1. The highest BCUT2D eigenvalue weighted by atomic mass is 16.6. The molecule has 10 nitrogen and oxygen atoms in total. The van der Waals surface area contributed by atoms with Gasteiger partial charge >= 0.3 is 6.09 Å². The van der Waals surface area contributed by atoms with Crippen molar-refractivity contribution in [2.24, 2.45) is 5.11 Å². The molecule has 0 atom stereocenters. The Balaban J connectivity index is 2.21. The molecule has 0 radical (unpaired) electrons. The van der Waals surface area contributed by atoms with Gasteiger partial charge in [-0.15, -0.1) is 0 Å². The summed E-state index contributed by atoms with van der Waals surface area (Å²) in [6.07, 6.45) is 3.02. The second-order valence-corrected chi connectivity index (χ2v) is 6.70. The lowest BCUT2D eigenvalue weighted by Crippen LogP contribution is -2.47. The molecule has 0 saturated heterocycles. The Morgan fingerprint density at radius 2 is 2.24 bits per heavy atom. The molecule has 0 aliphatic heterocycles. The molecule has 0 unspecified atom stereocenters. The average molecular weight is 343 g/mol. The highest BCUT2D eigenvalue weighted by molar-refractivity contribution is 5.91. The second kappa shape index (κ2) is 6.06. The van der Waals surface area contributed by atoms with Crippen LogP contribution in [-0.4, -0.2) is 38.6 Å². The maximum atomic E-state index is 12.7. The van der Waals surface area contributed by atoms with Gasteiger partial charge in [0, 0.05) is 16.5 Å². The molecule has 130 valence electrons. The summed E-state index contributed by atoms with van der Waals surface area (Å²) in [5.74, 6) is 0.334. The monoisotopic (exact) mass is 343 g/mol. The standard InChI is InChI=1S/C15H17N7O3/c1-15(2,3)21(14(24)25-10-4-5-10)12-6-11(19-20-16)18-13-9(8-23)7-17-22(12)13/h6-8,10H,4-5H2,1-3H3. The number of aldehydes is 1. The lowest BCUT2D eigenvalue weighted by molar-refractivity contribution is 0.112. The van der Waals surface area contributed by atoms with Gasteiger partial charge in [-0.1, -0.05) is 0 Å². The molecule has 0 bridgehead atoms. The van der Waals surface area contributed by atoms with E-state index in [0.29, 0.717) is 12.1 Å². The van der Waals surface area contributed by atoms with Crippen LogP contribution in [0.5, 0.6) is 0 Å². The third-order valence-electron chi connectivity index (χ3n) is 3.62. The number of hydrogen-bond acceptors (Lipinski definition) is 6. The van der Waals surface area contributed by atoms with Crippen molar-refractivity contribution in [1.82, 2.24) is 14.6 Å². The molecule has 1 aliphatic rings. The van der Waals surface area contributed by atoms with Gasteiger partial charge < -0.3 is 4.74 Å². The molecule has 0 aromatic carbocycles. The molecule has 1 fully saturated rings. The predicted octanol–water partition coefficient (Wildman–Crippen LogP) is 3.39. The smallest absolute Gasteiger partial charge is 0.416 e. The summed E-state index contributed by atoms with van der Waals surface area (Å²) in [7, 11) is 0. The Morgan fingerprint density at radius 3 is 2.80 bits per heavy atom. The molecule has 10 heteroatoms. The first-order valence-corrected chi connectivity index (χ1v) is 7.75. The molecular formula is C15H17N7O3. The molecule has 1 saturated carbocycles. The van der Waals surface area contributed by atoms with Crippen molar-refractivity contribution in [2.45, 2.75) is 45.3 Å². The van der Waals surface area contributed by atoms with E-state index in [1.165, 1.54) is 21.7 Å². The molecule has 0 N–H and O–H groups in total. The number of nitrogens with zero attached hydrogens (tertiary/aromatic N) is 7. The van der Waals surface area contributed by atoms with Crippen LogP contribution in [0.2, 0.25) is 0 Å². The first-order valence-electron chi connectivity index (χ1n) is 7.75. The largest absolute Gasteiger partial charge is 0.446 e. The number of carbonyl (C=O) groups is 2. The maximum Gasteiger partial charge on any atom is 0.416 e. The van der Waals surface area contributed by atoms with Crippen LogP contribution in [0.15, 0.2) is 17.4 Å². The minimum absolute atomic E-state index is 0.0297. The van der Waals surface area contributed by atoms with Crippen LogP contribution < -0.4 is 4.90 Å². The van der Waals surface area contributed by atoms with Crippen LogP contribution in [0.25, 0.3) is 16.1 Å². The fourth-order valence-corrected chi connectivity index (χ4v) is 2.38. The number of fused-ring (bicyclic) bond motifs is 1. The van der Waals surface area contributed by atoms with Gasteiger partial charge in [0.1, 0.15) is 17.7 Å². The number of anilines is 1. The zero-order valence-corrected chi connectivity index (χ0v) is 14.1. The van der Waals surface area contributed by atoms with Crippen LogP contribution >= 0.6 is 0 Å². The minimum Gasteiger partial charge on any atom is -0.446 e. The number of aromatic nitrogens is 3. The van der Waals surface area contributed by atoms with E-state index < -0.39 is 11.6 Å². The normalized spacial score (nSPS) is 14.0. The van der Waals surface area contributed by atoms with E-state index in [9.17, 15) is 9.59 Å². The van der Waals surface area contributed by atoms with E-state index in [-0.39, 0.29) is 23.1 Å². The van der Waals surface area contributed by atoms with E-state index in [0.717, 1.165) is 12.8 Å². The Kier molecular flexibility index (Phi) is 4.05. The molecule has 0 spiro atoms. The molecule has 2 heterocycles. The third-order valence-corrected chi connectivity index (χ3v) is 3.62. The molecule has 2 aromatic heterocycles. The van der Waals surface area contributed by atoms with Crippen LogP contribution in [0.3, 0.4) is 0 Å². The molecule has 1 aliphatic carbocycles. The predicted molar refractivity (Wildman–Crippen MR) is 88.9 cm³/mol. The van der Waals surface area contributed by atoms with Crippen molar-refractivity contribution in [3.63, 3.8) is 0 Å². The molecule has 3 rings (SSSR count). The van der Waals surface area contributed by atoms with E-state index in [1.54, 1.807) is 0 Å². The van der Waals surface area contributed by atoms with Crippen LogP contribution in [0.1, 0.15) is 44.0 Å². The first-order chi connectivity index (χ1) is 11.8. The first kappa shape index (κ1) is 16.7. The highest BCUT2D eigenvalue weighted by Crippen LogP contribution is 2.31. The molecular weight excluding hydrogens is 326 g/mol. The number of hydrogen-bond donors (Lipinski definition) is 0.